The van der Waals surface area contributed by atoms with E-state index in [0.29, 0.717) is 0 Å². The van der Waals surface area contributed by atoms with Gasteiger partial charge in [0, 0.05) is 23.2 Å². The minimum atomic E-state index is -5.41. The molecule has 1 heterocycles. The van der Waals surface area contributed by atoms with Gasteiger partial charge >= 0.3 is 18.1 Å². The number of allylic oxidation sites excluding steroid dienone is 1. The predicted molar refractivity (Wildman–Crippen MR) is 90.2 cm³/mol. The van der Waals surface area contributed by atoms with Gasteiger partial charge in [0.15, 0.2) is 0 Å². The molecular formula is C17H17F3N2O7. The lowest BCUT2D eigenvalue weighted by molar-refractivity contribution is -0.386. The molecule has 0 saturated heterocycles. The van der Waals surface area contributed by atoms with Crippen molar-refractivity contribution in [2.45, 2.75) is 24.7 Å². The molecule has 158 valence electrons. The number of carbonyl (C=O) groups is 2. The zero-order valence-corrected chi connectivity index (χ0v) is 15.4. The molecule has 2 N–H and O–H groups in total. The highest BCUT2D eigenvalue weighted by Crippen LogP contribution is 2.50. The number of esters is 2. The van der Waals surface area contributed by atoms with Crippen LogP contribution >= 0.6 is 0 Å². The molecule has 1 aromatic carbocycles. The molecular weight excluding hydrogens is 401 g/mol. The van der Waals surface area contributed by atoms with Gasteiger partial charge in [-0.05, 0) is 6.92 Å². The van der Waals surface area contributed by atoms with Crippen LogP contribution in [0.4, 0.5) is 18.9 Å². The van der Waals surface area contributed by atoms with Gasteiger partial charge in [0.05, 0.1) is 24.7 Å². The van der Waals surface area contributed by atoms with Crippen LogP contribution < -0.4 is 5.32 Å². The number of benzene rings is 1. The van der Waals surface area contributed by atoms with E-state index in [1.807, 2.05) is 0 Å². The Morgan fingerprint density at radius 3 is 2.31 bits per heavy atom. The van der Waals surface area contributed by atoms with E-state index in [1.54, 1.807) is 5.32 Å². The Balaban J connectivity index is 2.95. The van der Waals surface area contributed by atoms with Crippen molar-refractivity contribution in [1.29, 1.82) is 0 Å². The summed E-state index contributed by atoms with van der Waals surface area (Å²) in [6.07, 6.45) is -5.41. The first-order valence-corrected chi connectivity index (χ1v) is 8.08. The molecule has 2 rings (SSSR count). The Hall–Kier alpha value is -3.15. The summed E-state index contributed by atoms with van der Waals surface area (Å²) in [5.41, 5.74) is -5.84. The molecule has 0 aromatic heterocycles. The van der Waals surface area contributed by atoms with Crippen LogP contribution in [0.1, 0.15) is 18.4 Å². The maximum absolute atomic E-state index is 13.8. The van der Waals surface area contributed by atoms with E-state index < -0.39 is 63.1 Å². The molecule has 0 saturated carbocycles. The Morgan fingerprint density at radius 2 is 1.83 bits per heavy atom. The molecule has 29 heavy (non-hydrogen) atoms. The van der Waals surface area contributed by atoms with Gasteiger partial charge in [0.25, 0.3) is 5.69 Å². The zero-order valence-electron chi connectivity index (χ0n) is 15.4. The van der Waals surface area contributed by atoms with Gasteiger partial charge in [-0.3, -0.25) is 14.9 Å². The number of para-hydroxylation sites is 1. The van der Waals surface area contributed by atoms with E-state index in [0.717, 1.165) is 33.3 Å². The first-order valence-electron chi connectivity index (χ1n) is 8.08. The number of hydrogen-bond donors (Lipinski definition) is 2. The van der Waals surface area contributed by atoms with Crippen LogP contribution in [0.3, 0.4) is 0 Å². The average molecular weight is 418 g/mol. The fraction of sp³-hybridized carbons (Fsp3) is 0.412. The van der Waals surface area contributed by atoms with E-state index in [1.165, 1.54) is 12.1 Å². The Bertz CT molecular complexity index is 884. The number of rotatable bonds is 4. The van der Waals surface area contributed by atoms with Gasteiger partial charge < -0.3 is 19.9 Å². The fourth-order valence-electron chi connectivity index (χ4n) is 3.39. The maximum Gasteiger partial charge on any atom is 0.437 e. The van der Waals surface area contributed by atoms with Gasteiger partial charge in [-0.1, -0.05) is 18.2 Å². The first kappa shape index (κ1) is 22.1. The molecule has 1 aliphatic heterocycles. The minimum absolute atomic E-state index is 0.392. The van der Waals surface area contributed by atoms with E-state index in [9.17, 15) is 38.0 Å². The summed E-state index contributed by atoms with van der Waals surface area (Å²) in [5, 5.41) is 23.7. The monoisotopic (exact) mass is 418 g/mol. The molecule has 0 bridgehead atoms. The molecule has 9 nitrogen and oxygen atoms in total. The number of halogens is 3. The van der Waals surface area contributed by atoms with Crippen LogP contribution in [-0.2, 0) is 19.1 Å². The standard InChI is InChI=1S/C17H17F3N2O7/c1-8-11(14(23)28-2)12(9-6-4-5-7-10(9)22(26)27)13(15(24)29-3)16(25,21-8)17(18,19)20/h4-7,12-13,21,25H,1-3H3. The maximum atomic E-state index is 13.8. The summed E-state index contributed by atoms with van der Waals surface area (Å²) in [6.45, 7) is 1.05. The first-order chi connectivity index (χ1) is 13.4. The van der Waals surface area contributed by atoms with Crippen molar-refractivity contribution < 1.29 is 42.3 Å². The van der Waals surface area contributed by atoms with Crippen LogP contribution in [0.2, 0.25) is 0 Å². The molecule has 0 radical (unpaired) electrons. The van der Waals surface area contributed by atoms with Crippen molar-refractivity contribution in [3.63, 3.8) is 0 Å². The number of alkyl halides is 3. The van der Waals surface area contributed by atoms with Gasteiger partial charge in [-0.25, -0.2) is 4.79 Å². The number of nitro benzene ring substituents is 1. The second kappa shape index (κ2) is 7.70. The lowest BCUT2D eigenvalue weighted by atomic mass is 9.71. The summed E-state index contributed by atoms with van der Waals surface area (Å²) in [4.78, 5) is 35.3. The third-order valence-electron chi connectivity index (χ3n) is 4.64. The lowest BCUT2D eigenvalue weighted by Crippen LogP contribution is -2.67. The number of aliphatic hydroxyl groups is 1. The van der Waals surface area contributed by atoms with Crippen LogP contribution in [-0.4, -0.2) is 48.1 Å². The van der Waals surface area contributed by atoms with E-state index in [2.05, 4.69) is 9.47 Å². The second-order valence-electron chi connectivity index (χ2n) is 6.21. The molecule has 12 heteroatoms. The SMILES string of the molecule is COC(=O)C1=C(C)NC(O)(C(F)(F)F)C(C(=O)OC)C1c1ccccc1[N+](=O)[O-]. The number of methoxy groups -OCH3 is 2. The molecule has 0 spiro atoms. The van der Waals surface area contributed by atoms with Crippen molar-refractivity contribution in [3.05, 3.63) is 51.2 Å². The summed E-state index contributed by atoms with van der Waals surface area (Å²) < 4.78 is 50.5. The van der Waals surface area contributed by atoms with Crippen molar-refractivity contribution in [2.75, 3.05) is 14.2 Å². The van der Waals surface area contributed by atoms with Crippen LogP contribution in [0, 0.1) is 16.0 Å². The van der Waals surface area contributed by atoms with Crippen LogP contribution in [0.5, 0.6) is 0 Å². The van der Waals surface area contributed by atoms with Gasteiger partial charge in [-0.15, -0.1) is 0 Å². The number of hydrogen-bond acceptors (Lipinski definition) is 8. The molecule has 0 amide bonds. The Morgan fingerprint density at radius 1 is 1.24 bits per heavy atom. The quantitative estimate of drug-likeness (QED) is 0.430. The Labute approximate surface area is 162 Å². The van der Waals surface area contributed by atoms with Crippen molar-refractivity contribution in [1.82, 2.24) is 5.32 Å². The highest BCUT2D eigenvalue weighted by atomic mass is 19.4. The third-order valence-corrected chi connectivity index (χ3v) is 4.64. The molecule has 3 atom stereocenters. The van der Waals surface area contributed by atoms with E-state index >= 15 is 0 Å². The van der Waals surface area contributed by atoms with Crippen LogP contribution in [0.15, 0.2) is 35.5 Å². The summed E-state index contributed by atoms with van der Waals surface area (Å²) in [6, 6.07) is 4.65. The molecule has 0 aliphatic carbocycles. The summed E-state index contributed by atoms with van der Waals surface area (Å²) >= 11 is 0. The molecule has 3 unspecified atom stereocenters. The summed E-state index contributed by atoms with van der Waals surface area (Å²) in [7, 11) is 1.75. The van der Waals surface area contributed by atoms with E-state index in [-0.39, 0.29) is 0 Å². The van der Waals surface area contributed by atoms with Gasteiger partial charge in [-0.2, -0.15) is 13.2 Å². The van der Waals surface area contributed by atoms with Crippen molar-refractivity contribution >= 4 is 17.6 Å². The minimum Gasteiger partial charge on any atom is -0.469 e. The van der Waals surface area contributed by atoms with E-state index in [4.69, 9.17) is 0 Å². The average Bonchev–Trinajstić information content (AvgIpc) is 2.65. The third kappa shape index (κ3) is 3.62. The van der Waals surface area contributed by atoms with Gasteiger partial charge in [0.1, 0.15) is 5.92 Å². The number of carbonyl (C=O) groups excluding carboxylic acids is 2. The van der Waals surface area contributed by atoms with Crippen molar-refractivity contribution in [2.24, 2.45) is 5.92 Å². The highest BCUT2D eigenvalue weighted by Gasteiger charge is 2.67. The largest absolute Gasteiger partial charge is 0.469 e. The van der Waals surface area contributed by atoms with Gasteiger partial charge in [0.2, 0.25) is 5.72 Å². The normalized spacial score (nSPS) is 24.5. The zero-order chi connectivity index (χ0) is 22.1. The number of nitro groups is 1. The fourth-order valence-corrected chi connectivity index (χ4v) is 3.39. The predicted octanol–water partition coefficient (Wildman–Crippen LogP) is 1.77. The highest BCUT2D eigenvalue weighted by molar-refractivity contribution is 5.94. The van der Waals surface area contributed by atoms with Crippen LogP contribution in [0.25, 0.3) is 0 Å². The lowest BCUT2D eigenvalue weighted by Gasteiger charge is -2.45. The molecule has 1 aliphatic rings. The second-order valence-corrected chi connectivity index (χ2v) is 6.21. The molecule has 1 aromatic rings. The van der Waals surface area contributed by atoms with Crippen molar-refractivity contribution in [3.8, 4) is 0 Å². The Kier molecular flexibility index (Phi) is 5.88. The number of nitrogens with zero attached hydrogens (tertiary/aromatic N) is 1. The number of ether oxygens (including phenoxy) is 2. The smallest absolute Gasteiger partial charge is 0.437 e. The topological polar surface area (TPSA) is 128 Å². The molecule has 0 fully saturated rings. The number of nitrogens with one attached hydrogen (secondary N) is 1. The summed E-state index contributed by atoms with van der Waals surface area (Å²) in [5.74, 6) is -7.03.